The smallest absolute Gasteiger partial charge is 0.254 e. The van der Waals surface area contributed by atoms with Crippen LogP contribution in [0.25, 0.3) is 0 Å². The Morgan fingerprint density at radius 1 is 1.22 bits per heavy atom. The number of fused-ring (bicyclic) bond motifs is 1. The maximum absolute atomic E-state index is 13.1. The van der Waals surface area contributed by atoms with E-state index in [1.54, 1.807) is 12.3 Å². The summed E-state index contributed by atoms with van der Waals surface area (Å²) in [4.78, 5) is 27.7. The van der Waals surface area contributed by atoms with Gasteiger partial charge in [-0.05, 0) is 44.5 Å². The lowest BCUT2D eigenvalue weighted by molar-refractivity contribution is -0.127. The van der Waals surface area contributed by atoms with Crippen molar-refractivity contribution >= 4 is 11.8 Å². The highest BCUT2D eigenvalue weighted by molar-refractivity contribution is 5.96. The monoisotopic (exact) mass is 368 g/mol. The summed E-state index contributed by atoms with van der Waals surface area (Å²) < 4.78 is 11.1. The van der Waals surface area contributed by atoms with Gasteiger partial charge in [0, 0.05) is 18.7 Å². The van der Waals surface area contributed by atoms with E-state index in [2.05, 4.69) is 5.32 Å². The summed E-state index contributed by atoms with van der Waals surface area (Å²) in [6, 6.07) is 9.43. The van der Waals surface area contributed by atoms with Gasteiger partial charge in [0.2, 0.25) is 5.91 Å². The van der Waals surface area contributed by atoms with Crippen molar-refractivity contribution in [2.45, 2.75) is 39.0 Å². The van der Waals surface area contributed by atoms with Gasteiger partial charge in [-0.15, -0.1) is 0 Å². The van der Waals surface area contributed by atoms with E-state index < -0.39 is 0 Å². The third-order valence-electron chi connectivity index (χ3n) is 5.38. The molecule has 1 N–H and O–H groups in total. The number of likely N-dealkylation sites (tertiary alicyclic amines) is 1. The molecule has 2 aliphatic heterocycles. The van der Waals surface area contributed by atoms with Gasteiger partial charge in [0.25, 0.3) is 5.91 Å². The molecule has 0 spiro atoms. The number of aryl methyl sites for hydroxylation is 2. The minimum atomic E-state index is -0.359. The van der Waals surface area contributed by atoms with Crippen LogP contribution in [-0.4, -0.2) is 42.0 Å². The van der Waals surface area contributed by atoms with Crippen LogP contribution < -0.4 is 5.32 Å². The van der Waals surface area contributed by atoms with E-state index in [9.17, 15) is 9.59 Å². The number of carbonyl (C=O) groups excluding carboxylic acids is 2. The molecule has 0 aliphatic carbocycles. The fraction of sp³-hybridized carbons (Fsp3) is 0.429. The number of ether oxygens (including phenoxy) is 1. The Hall–Kier alpha value is -2.60. The second-order valence-corrected chi connectivity index (χ2v) is 7.43. The van der Waals surface area contributed by atoms with Crippen molar-refractivity contribution in [3.63, 3.8) is 0 Å². The summed E-state index contributed by atoms with van der Waals surface area (Å²) in [6.07, 6.45) is 2.11. The van der Waals surface area contributed by atoms with Crippen molar-refractivity contribution in [2.75, 3.05) is 13.2 Å². The van der Waals surface area contributed by atoms with Crippen molar-refractivity contribution in [2.24, 2.45) is 5.92 Å². The Morgan fingerprint density at radius 2 is 2.00 bits per heavy atom. The highest BCUT2D eigenvalue weighted by Gasteiger charge is 2.50. The van der Waals surface area contributed by atoms with Crippen LogP contribution in [0.2, 0.25) is 0 Å². The average molecular weight is 368 g/mol. The summed E-state index contributed by atoms with van der Waals surface area (Å²) in [5.74, 6) is 0.221. The number of amides is 2. The molecular weight excluding hydrogens is 344 g/mol. The Morgan fingerprint density at radius 3 is 2.70 bits per heavy atom. The van der Waals surface area contributed by atoms with Crippen molar-refractivity contribution in [1.29, 1.82) is 0 Å². The van der Waals surface area contributed by atoms with E-state index in [0.29, 0.717) is 31.0 Å². The van der Waals surface area contributed by atoms with Gasteiger partial charge in [0.15, 0.2) is 0 Å². The quantitative estimate of drug-likeness (QED) is 0.900. The van der Waals surface area contributed by atoms with Gasteiger partial charge < -0.3 is 19.4 Å². The lowest BCUT2D eigenvalue weighted by Gasteiger charge is -2.23. The van der Waals surface area contributed by atoms with E-state index in [-0.39, 0.29) is 29.9 Å². The standard InChI is InChI=1S/C21H24N2O4/c1-13-8-14(2)10-15(9-13)21(25)23-12-17(19-18(23)5-7-27-19)20(24)22-11-16-4-3-6-26-16/h3-4,6,8-10,17-19H,5,7,11-12H2,1-2H3,(H,22,24). The van der Waals surface area contributed by atoms with E-state index in [1.165, 1.54) is 0 Å². The van der Waals surface area contributed by atoms with Crippen LogP contribution in [0.15, 0.2) is 41.0 Å². The van der Waals surface area contributed by atoms with E-state index >= 15 is 0 Å². The number of nitrogens with zero attached hydrogens (tertiary/aromatic N) is 1. The molecule has 3 atom stereocenters. The molecule has 2 aliphatic rings. The molecule has 0 radical (unpaired) electrons. The largest absolute Gasteiger partial charge is 0.467 e. The first-order valence-electron chi connectivity index (χ1n) is 9.34. The predicted molar refractivity (Wildman–Crippen MR) is 99.1 cm³/mol. The van der Waals surface area contributed by atoms with Crippen molar-refractivity contribution in [3.8, 4) is 0 Å². The van der Waals surface area contributed by atoms with Gasteiger partial charge in [-0.1, -0.05) is 17.2 Å². The van der Waals surface area contributed by atoms with Crippen LogP contribution in [0.1, 0.15) is 33.7 Å². The number of hydrogen-bond donors (Lipinski definition) is 1. The first-order chi connectivity index (χ1) is 13.0. The normalized spacial score (nSPS) is 24.1. The molecule has 27 heavy (non-hydrogen) atoms. The summed E-state index contributed by atoms with van der Waals surface area (Å²) in [5, 5.41) is 2.91. The van der Waals surface area contributed by atoms with Crippen LogP contribution in [0.3, 0.4) is 0 Å². The molecule has 2 fully saturated rings. The van der Waals surface area contributed by atoms with Gasteiger partial charge in [0.1, 0.15) is 5.76 Å². The molecule has 2 amide bonds. The Bertz CT molecular complexity index is 826. The fourth-order valence-corrected chi connectivity index (χ4v) is 4.22. The third-order valence-corrected chi connectivity index (χ3v) is 5.38. The second kappa shape index (κ2) is 7.19. The van der Waals surface area contributed by atoms with Gasteiger partial charge in [-0.25, -0.2) is 0 Å². The minimum absolute atomic E-state index is 0.0244. The Balaban J connectivity index is 1.49. The minimum Gasteiger partial charge on any atom is -0.467 e. The first-order valence-corrected chi connectivity index (χ1v) is 9.34. The molecule has 142 valence electrons. The highest BCUT2D eigenvalue weighted by Crippen LogP contribution is 2.34. The second-order valence-electron chi connectivity index (χ2n) is 7.43. The van der Waals surface area contributed by atoms with Crippen molar-refractivity contribution < 1.29 is 18.7 Å². The summed E-state index contributed by atoms with van der Waals surface area (Å²) in [7, 11) is 0. The topological polar surface area (TPSA) is 71.8 Å². The van der Waals surface area contributed by atoms with E-state index in [4.69, 9.17) is 9.15 Å². The molecule has 1 aromatic carbocycles. The maximum Gasteiger partial charge on any atom is 0.254 e. The molecule has 6 nitrogen and oxygen atoms in total. The van der Waals surface area contributed by atoms with E-state index in [0.717, 1.165) is 17.5 Å². The lowest BCUT2D eigenvalue weighted by Crippen LogP contribution is -2.37. The third kappa shape index (κ3) is 3.49. The molecule has 3 unspecified atom stereocenters. The van der Waals surface area contributed by atoms with Crippen LogP contribution >= 0.6 is 0 Å². The molecule has 4 rings (SSSR count). The summed E-state index contributed by atoms with van der Waals surface area (Å²) in [6.45, 7) is 5.27. The van der Waals surface area contributed by atoms with Gasteiger partial charge in [0.05, 0.1) is 30.9 Å². The zero-order valence-electron chi connectivity index (χ0n) is 15.6. The number of nitrogens with one attached hydrogen (secondary N) is 1. The zero-order valence-corrected chi connectivity index (χ0v) is 15.6. The molecule has 1 aromatic heterocycles. The fourth-order valence-electron chi connectivity index (χ4n) is 4.22. The van der Waals surface area contributed by atoms with Gasteiger partial charge in [-0.3, -0.25) is 9.59 Å². The van der Waals surface area contributed by atoms with Crippen LogP contribution in [0.4, 0.5) is 0 Å². The number of hydrogen-bond acceptors (Lipinski definition) is 4. The molecular formula is C21H24N2O4. The van der Waals surface area contributed by atoms with Crippen LogP contribution in [-0.2, 0) is 16.1 Å². The van der Waals surface area contributed by atoms with E-state index in [1.807, 2.05) is 43.0 Å². The van der Waals surface area contributed by atoms with Gasteiger partial charge in [-0.2, -0.15) is 0 Å². The molecule has 0 saturated carbocycles. The summed E-state index contributed by atoms with van der Waals surface area (Å²) in [5.41, 5.74) is 2.80. The molecule has 2 saturated heterocycles. The van der Waals surface area contributed by atoms with Gasteiger partial charge >= 0.3 is 0 Å². The SMILES string of the molecule is Cc1cc(C)cc(C(=O)N2CC(C(=O)NCc3ccco3)C3OCCC32)c1. The number of furan rings is 1. The molecule has 2 aromatic rings. The summed E-state index contributed by atoms with van der Waals surface area (Å²) >= 11 is 0. The Labute approximate surface area is 158 Å². The lowest BCUT2D eigenvalue weighted by atomic mass is 10.0. The molecule has 3 heterocycles. The van der Waals surface area contributed by atoms with Crippen molar-refractivity contribution in [3.05, 3.63) is 59.0 Å². The number of carbonyl (C=O) groups is 2. The predicted octanol–water partition coefficient (Wildman–Crippen LogP) is 2.44. The van der Waals surface area contributed by atoms with Crippen LogP contribution in [0, 0.1) is 19.8 Å². The molecule has 0 bridgehead atoms. The first kappa shape index (κ1) is 17.8. The number of rotatable bonds is 4. The number of benzene rings is 1. The molecule has 6 heteroatoms. The zero-order chi connectivity index (χ0) is 19.0. The maximum atomic E-state index is 13.1. The van der Waals surface area contributed by atoms with Crippen LogP contribution in [0.5, 0.6) is 0 Å². The Kier molecular flexibility index (Phi) is 4.74. The van der Waals surface area contributed by atoms with Crippen molar-refractivity contribution in [1.82, 2.24) is 10.2 Å². The highest BCUT2D eigenvalue weighted by atomic mass is 16.5. The average Bonchev–Trinajstić information content (AvgIpc) is 3.35.